The Morgan fingerprint density at radius 2 is 2.11 bits per heavy atom. The molecule has 4 amide bonds. The Kier molecular flexibility index (Phi) is 5.41. The van der Waals surface area contributed by atoms with Gasteiger partial charge in [-0.3, -0.25) is 24.6 Å². The Hall–Kier alpha value is -2.50. The molecule has 0 bridgehead atoms. The van der Waals surface area contributed by atoms with Crippen LogP contribution in [0.15, 0.2) is 34.1 Å². The fraction of sp³-hybridized carbons (Fsp3) is 0.188. The third-order valence-corrected chi connectivity index (χ3v) is 6.23. The molecule has 1 atom stereocenters. The first kappa shape index (κ1) is 20.2. The Morgan fingerprint density at radius 1 is 1.39 bits per heavy atom. The highest BCUT2D eigenvalue weighted by Crippen LogP contribution is 2.35. The highest BCUT2D eigenvalue weighted by atomic mass is 79.9. The number of carbonyl (C=O) groups is 3. The van der Waals surface area contributed by atoms with Gasteiger partial charge in [0.2, 0.25) is 5.91 Å². The van der Waals surface area contributed by atoms with Gasteiger partial charge in [-0.2, -0.15) is 0 Å². The first-order valence-electron chi connectivity index (χ1n) is 7.75. The number of nitrogens with one attached hydrogen (secondary N) is 2. The predicted molar refractivity (Wildman–Crippen MR) is 106 cm³/mol. The SMILES string of the molecule is CC1(c2ccc(Br)s2)NC(=O)N(CC(=O)Nc2ccc(Cl)c([N+](=O)[O-])c2)C1=O. The maximum Gasteiger partial charge on any atom is 0.325 e. The van der Waals surface area contributed by atoms with Crippen LogP contribution in [0.2, 0.25) is 5.02 Å². The van der Waals surface area contributed by atoms with E-state index in [0.717, 1.165) is 14.8 Å². The van der Waals surface area contributed by atoms with Crippen molar-refractivity contribution in [1.82, 2.24) is 10.2 Å². The third-order valence-electron chi connectivity index (χ3n) is 4.07. The van der Waals surface area contributed by atoms with Crippen LogP contribution in [0.3, 0.4) is 0 Å². The molecule has 146 valence electrons. The number of urea groups is 1. The van der Waals surface area contributed by atoms with Crippen molar-refractivity contribution in [3.63, 3.8) is 0 Å². The zero-order chi connectivity index (χ0) is 20.6. The maximum atomic E-state index is 12.8. The number of nitrogens with zero attached hydrogens (tertiary/aromatic N) is 2. The van der Waals surface area contributed by atoms with Crippen molar-refractivity contribution in [3.8, 4) is 0 Å². The molecule has 0 aliphatic carbocycles. The molecule has 0 radical (unpaired) electrons. The second kappa shape index (κ2) is 7.49. The molecule has 0 spiro atoms. The van der Waals surface area contributed by atoms with Crippen molar-refractivity contribution in [2.24, 2.45) is 0 Å². The van der Waals surface area contributed by atoms with Crippen LogP contribution in [-0.4, -0.2) is 34.2 Å². The standard InChI is InChI=1S/C16H12BrClN4O5S/c1-16(11-4-5-12(17)28-11)14(24)21(15(25)20-16)7-13(23)19-8-2-3-9(18)10(6-8)22(26)27/h2-6H,7H2,1H3,(H,19,23)(H,20,25). The van der Waals surface area contributed by atoms with E-state index in [9.17, 15) is 24.5 Å². The molecule has 1 aliphatic heterocycles. The number of rotatable bonds is 5. The number of carbonyl (C=O) groups excluding carboxylic acids is 3. The molecule has 1 saturated heterocycles. The second-order valence-corrected chi connectivity index (χ2v) is 8.89. The number of imide groups is 1. The van der Waals surface area contributed by atoms with Gasteiger partial charge in [0, 0.05) is 16.6 Å². The molecular formula is C16H12BrClN4O5S. The molecule has 9 nitrogen and oxygen atoms in total. The number of hydrogen-bond acceptors (Lipinski definition) is 6. The maximum absolute atomic E-state index is 12.8. The Labute approximate surface area is 175 Å². The van der Waals surface area contributed by atoms with E-state index in [1.807, 2.05) is 0 Å². The lowest BCUT2D eigenvalue weighted by atomic mass is 10.0. The van der Waals surface area contributed by atoms with Crippen LogP contribution in [0, 0.1) is 10.1 Å². The number of nitro benzene ring substituents is 1. The number of nitro groups is 1. The van der Waals surface area contributed by atoms with E-state index >= 15 is 0 Å². The van der Waals surface area contributed by atoms with Crippen molar-refractivity contribution in [2.75, 3.05) is 11.9 Å². The number of anilines is 1. The van der Waals surface area contributed by atoms with Crippen LogP contribution in [0.1, 0.15) is 11.8 Å². The van der Waals surface area contributed by atoms with E-state index in [1.54, 1.807) is 19.1 Å². The lowest BCUT2D eigenvalue weighted by Crippen LogP contribution is -2.41. The smallest absolute Gasteiger partial charge is 0.324 e. The van der Waals surface area contributed by atoms with Gasteiger partial charge in [0.15, 0.2) is 5.54 Å². The van der Waals surface area contributed by atoms with Gasteiger partial charge in [-0.25, -0.2) is 4.79 Å². The van der Waals surface area contributed by atoms with E-state index in [2.05, 4.69) is 26.6 Å². The number of hydrogen-bond donors (Lipinski definition) is 2. The topological polar surface area (TPSA) is 122 Å². The predicted octanol–water partition coefficient (Wildman–Crippen LogP) is 3.48. The average Bonchev–Trinajstić information content (AvgIpc) is 3.15. The molecule has 2 heterocycles. The van der Waals surface area contributed by atoms with E-state index in [-0.39, 0.29) is 16.4 Å². The molecule has 2 N–H and O–H groups in total. The summed E-state index contributed by atoms with van der Waals surface area (Å²) in [6.45, 7) is 1.02. The highest BCUT2D eigenvalue weighted by Gasteiger charge is 2.50. The number of amides is 4. The summed E-state index contributed by atoms with van der Waals surface area (Å²) in [5.74, 6) is -1.25. The normalized spacial score (nSPS) is 18.9. The third kappa shape index (κ3) is 3.73. The minimum absolute atomic E-state index is 0.0741. The van der Waals surface area contributed by atoms with Crippen LogP contribution in [0.4, 0.5) is 16.2 Å². The lowest BCUT2D eigenvalue weighted by molar-refractivity contribution is -0.384. The quantitative estimate of drug-likeness (QED) is 0.380. The largest absolute Gasteiger partial charge is 0.325 e. The van der Waals surface area contributed by atoms with Crippen LogP contribution in [0.5, 0.6) is 0 Å². The molecule has 3 rings (SSSR count). The van der Waals surface area contributed by atoms with E-state index in [4.69, 9.17) is 11.6 Å². The molecule has 0 saturated carbocycles. The average molecular weight is 488 g/mol. The molecule has 1 aromatic heterocycles. The summed E-state index contributed by atoms with van der Waals surface area (Å²) < 4.78 is 0.797. The van der Waals surface area contributed by atoms with Gasteiger partial charge in [-0.05, 0) is 47.1 Å². The van der Waals surface area contributed by atoms with Crippen LogP contribution in [0.25, 0.3) is 0 Å². The molecule has 1 aromatic carbocycles. The van der Waals surface area contributed by atoms with E-state index < -0.39 is 34.9 Å². The molecule has 2 aromatic rings. The van der Waals surface area contributed by atoms with Gasteiger partial charge >= 0.3 is 6.03 Å². The molecule has 1 fully saturated rings. The minimum Gasteiger partial charge on any atom is -0.324 e. The molecular weight excluding hydrogens is 476 g/mol. The van der Waals surface area contributed by atoms with Gasteiger partial charge in [0.05, 0.1) is 8.71 Å². The Morgan fingerprint density at radius 3 is 2.71 bits per heavy atom. The monoisotopic (exact) mass is 486 g/mol. The fourth-order valence-electron chi connectivity index (χ4n) is 2.67. The molecule has 1 aliphatic rings. The summed E-state index contributed by atoms with van der Waals surface area (Å²) in [6, 6.07) is 6.52. The zero-order valence-corrected chi connectivity index (χ0v) is 17.4. The second-order valence-electron chi connectivity index (χ2n) is 6.02. The van der Waals surface area contributed by atoms with Gasteiger partial charge in [-0.1, -0.05) is 11.6 Å². The zero-order valence-electron chi connectivity index (χ0n) is 14.2. The van der Waals surface area contributed by atoms with Gasteiger partial charge < -0.3 is 10.6 Å². The molecule has 1 unspecified atom stereocenters. The highest BCUT2D eigenvalue weighted by molar-refractivity contribution is 9.11. The summed E-state index contributed by atoms with van der Waals surface area (Å²) in [4.78, 5) is 49.0. The summed E-state index contributed by atoms with van der Waals surface area (Å²) >= 11 is 10.3. The van der Waals surface area contributed by atoms with Crippen molar-refractivity contribution >= 4 is 68.1 Å². The fourth-order valence-corrected chi connectivity index (χ4v) is 4.33. The van der Waals surface area contributed by atoms with Gasteiger partial charge in [0.1, 0.15) is 11.6 Å². The summed E-state index contributed by atoms with van der Waals surface area (Å²) in [5.41, 5.74) is -1.52. The first-order valence-corrected chi connectivity index (χ1v) is 9.74. The van der Waals surface area contributed by atoms with Crippen molar-refractivity contribution in [3.05, 3.63) is 54.1 Å². The number of benzene rings is 1. The minimum atomic E-state index is -1.27. The summed E-state index contributed by atoms with van der Waals surface area (Å²) in [5, 5.41) is 15.9. The van der Waals surface area contributed by atoms with Crippen molar-refractivity contribution in [1.29, 1.82) is 0 Å². The van der Waals surface area contributed by atoms with Crippen LogP contribution in [-0.2, 0) is 15.1 Å². The van der Waals surface area contributed by atoms with Crippen LogP contribution >= 0.6 is 38.9 Å². The summed E-state index contributed by atoms with van der Waals surface area (Å²) in [6.07, 6.45) is 0. The number of halogens is 2. The Balaban J connectivity index is 1.74. The van der Waals surface area contributed by atoms with Crippen LogP contribution < -0.4 is 10.6 Å². The summed E-state index contributed by atoms with van der Waals surface area (Å²) in [7, 11) is 0. The Bertz CT molecular complexity index is 1010. The first-order chi connectivity index (χ1) is 13.1. The van der Waals surface area contributed by atoms with Gasteiger partial charge in [-0.15, -0.1) is 11.3 Å². The molecule has 12 heteroatoms. The van der Waals surface area contributed by atoms with E-state index in [0.29, 0.717) is 4.88 Å². The lowest BCUT2D eigenvalue weighted by Gasteiger charge is -2.20. The van der Waals surface area contributed by atoms with Gasteiger partial charge in [0.25, 0.3) is 11.6 Å². The van der Waals surface area contributed by atoms with Crippen molar-refractivity contribution in [2.45, 2.75) is 12.5 Å². The van der Waals surface area contributed by atoms with E-state index in [1.165, 1.54) is 23.5 Å². The molecule has 28 heavy (non-hydrogen) atoms. The number of thiophene rings is 1. The van der Waals surface area contributed by atoms with Crippen molar-refractivity contribution < 1.29 is 19.3 Å².